The number of fused-ring (bicyclic) bond motifs is 1. The maximum Gasteiger partial charge on any atom is 0.0346 e. The first-order valence-corrected chi connectivity index (χ1v) is 6.18. The second-order valence-electron chi connectivity index (χ2n) is 4.54. The van der Waals surface area contributed by atoms with E-state index in [0.717, 1.165) is 32.7 Å². The van der Waals surface area contributed by atoms with Gasteiger partial charge in [-0.05, 0) is 17.0 Å². The average Bonchev–Trinajstić information content (AvgIpc) is 2.40. The summed E-state index contributed by atoms with van der Waals surface area (Å²) in [5.41, 5.74) is 1.41. The molecule has 1 aromatic carbocycles. The van der Waals surface area contributed by atoms with Crippen molar-refractivity contribution >= 4 is 10.8 Å². The molecular formula is C14H17N3. The number of hydrogen-bond acceptors (Lipinski definition) is 3. The zero-order chi connectivity index (χ0) is 11.5. The zero-order valence-electron chi connectivity index (χ0n) is 9.89. The van der Waals surface area contributed by atoms with Crippen LogP contribution in [0, 0.1) is 0 Å². The second kappa shape index (κ2) is 4.82. The normalized spacial score (nSPS) is 17.4. The summed E-state index contributed by atoms with van der Waals surface area (Å²) in [6.45, 7) is 5.53. The third-order valence-corrected chi connectivity index (χ3v) is 3.37. The number of pyridine rings is 1. The van der Waals surface area contributed by atoms with Gasteiger partial charge in [-0.1, -0.05) is 18.2 Å². The lowest BCUT2D eigenvalue weighted by atomic mass is 10.1. The van der Waals surface area contributed by atoms with E-state index in [0.29, 0.717) is 0 Å². The van der Waals surface area contributed by atoms with Gasteiger partial charge in [-0.3, -0.25) is 9.88 Å². The van der Waals surface area contributed by atoms with E-state index in [9.17, 15) is 0 Å². The monoisotopic (exact) mass is 227 g/mol. The molecule has 0 aliphatic carbocycles. The standard InChI is InChI=1S/C14H17N3/c1-2-12-10-16-5-4-14(12)13(3-1)11-17-8-6-15-7-9-17/h1-5,10,15H,6-9,11H2. The molecule has 0 atom stereocenters. The van der Waals surface area contributed by atoms with Crippen LogP contribution in [0.1, 0.15) is 5.56 Å². The third kappa shape index (κ3) is 2.30. The van der Waals surface area contributed by atoms with Gasteiger partial charge in [0.05, 0.1) is 0 Å². The van der Waals surface area contributed by atoms with Crippen LogP contribution in [0.25, 0.3) is 10.8 Å². The van der Waals surface area contributed by atoms with Gasteiger partial charge in [-0.2, -0.15) is 0 Å². The molecule has 3 heteroatoms. The Morgan fingerprint density at radius 1 is 1.18 bits per heavy atom. The summed E-state index contributed by atoms with van der Waals surface area (Å²) in [7, 11) is 0. The molecule has 1 aliphatic rings. The number of hydrogen-bond donors (Lipinski definition) is 1. The fourth-order valence-electron chi connectivity index (χ4n) is 2.44. The van der Waals surface area contributed by atoms with Crippen molar-refractivity contribution in [1.82, 2.24) is 15.2 Å². The van der Waals surface area contributed by atoms with Crippen molar-refractivity contribution in [2.45, 2.75) is 6.54 Å². The lowest BCUT2D eigenvalue weighted by Gasteiger charge is -2.27. The minimum absolute atomic E-state index is 1.04. The summed E-state index contributed by atoms with van der Waals surface area (Å²) in [6.07, 6.45) is 3.82. The van der Waals surface area contributed by atoms with Crippen LogP contribution >= 0.6 is 0 Å². The van der Waals surface area contributed by atoms with E-state index in [-0.39, 0.29) is 0 Å². The summed E-state index contributed by atoms with van der Waals surface area (Å²) in [5, 5.41) is 5.96. The van der Waals surface area contributed by atoms with Crippen molar-refractivity contribution in [3.8, 4) is 0 Å². The third-order valence-electron chi connectivity index (χ3n) is 3.37. The largest absolute Gasteiger partial charge is 0.314 e. The lowest BCUT2D eigenvalue weighted by molar-refractivity contribution is 0.234. The summed E-state index contributed by atoms with van der Waals surface area (Å²) in [4.78, 5) is 6.68. The Bertz CT molecular complexity index is 498. The fraction of sp³-hybridized carbons (Fsp3) is 0.357. The highest BCUT2D eigenvalue weighted by Gasteiger charge is 2.11. The van der Waals surface area contributed by atoms with Gasteiger partial charge in [0.1, 0.15) is 0 Å². The van der Waals surface area contributed by atoms with Crippen molar-refractivity contribution in [1.29, 1.82) is 0 Å². The van der Waals surface area contributed by atoms with Gasteiger partial charge in [0.15, 0.2) is 0 Å². The van der Waals surface area contributed by atoms with Crippen LogP contribution in [0.3, 0.4) is 0 Å². The number of nitrogens with zero attached hydrogens (tertiary/aromatic N) is 2. The maximum atomic E-state index is 4.18. The molecule has 3 rings (SSSR count). The van der Waals surface area contributed by atoms with Crippen molar-refractivity contribution < 1.29 is 0 Å². The van der Waals surface area contributed by atoms with Crippen LogP contribution in [0.4, 0.5) is 0 Å². The van der Waals surface area contributed by atoms with E-state index in [1.54, 1.807) is 0 Å². The number of piperazine rings is 1. The summed E-state index contributed by atoms with van der Waals surface area (Å²) in [6, 6.07) is 8.60. The van der Waals surface area contributed by atoms with Gasteiger partial charge in [0, 0.05) is 50.5 Å². The van der Waals surface area contributed by atoms with Crippen molar-refractivity contribution in [2.75, 3.05) is 26.2 Å². The summed E-state index contributed by atoms with van der Waals surface area (Å²) in [5.74, 6) is 0. The molecule has 2 heterocycles. The molecule has 1 saturated heterocycles. The van der Waals surface area contributed by atoms with E-state index >= 15 is 0 Å². The molecule has 17 heavy (non-hydrogen) atoms. The Kier molecular flexibility index (Phi) is 3.03. The first-order chi connectivity index (χ1) is 8.43. The number of benzene rings is 1. The molecule has 1 aromatic heterocycles. The smallest absolute Gasteiger partial charge is 0.0346 e. The van der Waals surface area contributed by atoms with Gasteiger partial charge in [0.25, 0.3) is 0 Å². The molecule has 3 nitrogen and oxygen atoms in total. The topological polar surface area (TPSA) is 28.2 Å². The first kappa shape index (κ1) is 10.7. The van der Waals surface area contributed by atoms with Crippen LogP contribution < -0.4 is 5.32 Å². The minimum atomic E-state index is 1.04. The van der Waals surface area contributed by atoms with E-state index in [1.807, 2.05) is 12.4 Å². The van der Waals surface area contributed by atoms with Crippen LogP contribution in [0.5, 0.6) is 0 Å². The predicted molar refractivity (Wildman–Crippen MR) is 69.9 cm³/mol. The highest BCUT2D eigenvalue weighted by Crippen LogP contribution is 2.19. The average molecular weight is 227 g/mol. The number of nitrogens with one attached hydrogen (secondary N) is 1. The lowest BCUT2D eigenvalue weighted by Crippen LogP contribution is -2.42. The summed E-state index contributed by atoms with van der Waals surface area (Å²) >= 11 is 0. The van der Waals surface area contributed by atoms with Crippen molar-refractivity contribution in [3.63, 3.8) is 0 Å². The van der Waals surface area contributed by atoms with Crippen LogP contribution in [-0.4, -0.2) is 36.1 Å². The number of rotatable bonds is 2. The molecule has 0 unspecified atom stereocenters. The Morgan fingerprint density at radius 3 is 2.94 bits per heavy atom. The van der Waals surface area contributed by atoms with Crippen molar-refractivity contribution in [2.24, 2.45) is 0 Å². The Morgan fingerprint density at radius 2 is 2.06 bits per heavy atom. The van der Waals surface area contributed by atoms with Gasteiger partial charge in [-0.25, -0.2) is 0 Å². The molecule has 0 amide bonds. The molecule has 0 bridgehead atoms. The van der Waals surface area contributed by atoms with Gasteiger partial charge >= 0.3 is 0 Å². The van der Waals surface area contributed by atoms with Gasteiger partial charge in [0.2, 0.25) is 0 Å². The van der Waals surface area contributed by atoms with Gasteiger partial charge in [-0.15, -0.1) is 0 Å². The summed E-state index contributed by atoms with van der Waals surface area (Å²) < 4.78 is 0. The predicted octanol–water partition coefficient (Wildman–Crippen LogP) is 1.64. The first-order valence-electron chi connectivity index (χ1n) is 6.18. The fourth-order valence-corrected chi connectivity index (χ4v) is 2.44. The van der Waals surface area contributed by atoms with Crippen LogP contribution in [0.2, 0.25) is 0 Å². The quantitative estimate of drug-likeness (QED) is 0.845. The molecule has 88 valence electrons. The Hall–Kier alpha value is -1.45. The van der Waals surface area contributed by atoms with E-state index in [4.69, 9.17) is 0 Å². The second-order valence-corrected chi connectivity index (χ2v) is 4.54. The molecular weight excluding hydrogens is 210 g/mol. The minimum Gasteiger partial charge on any atom is -0.314 e. The molecule has 1 aliphatic heterocycles. The van der Waals surface area contributed by atoms with Gasteiger partial charge < -0.3 is 5.32 Å². The molecule has 0 spiro atoms. The molecule has 0 saturated carbocycles. The van der Waals surface area contributed by atoms with Crippen LogP contribution in [0.15, 0.2) is 36.7 Å². The molecule has 2 aromatic rings. The van der Waals surface area contributed by atoms with Crippen LogP contribution in [-0.2, 0) is 6.54 Å². The maximum absolute atomic E-state index is 4.18. The van der Waals surface area contributed by atoms with E-state index in [1.165, 1.54) is 16.3 Å². The Labute approximate surface area is 101 Å². The SMILES string of the molecule is c1cc(CN2CCNCC2)c2ccncc2c1. The number of aromatic nitrogens is 1. The Balaban J connectivity index is 1.89. The molecule has 1 N–H and O–H groups in total. The highest BCUT2D eigenvalue weighted by atomic mass is 15.2. The highest BCUT2D eigenvalue weighted by molar-refractivity contribution is 5.84. The van der Waals surface area contributed by atoms with Crippen molar-refractivity contribution in [3.05, 3.63) is 42.2 Å². The van der Waals surface area contributed by atoms with E-state index in [2.05, 4.69) is 39.5 Å². The molecule has 1 fully saturated rings. The van der Waals surface area contributed by atoms with E-state index < -0.39 is 0 Å². The zero-order valence-corrected chi connectivity index (χ0v) is 9.89. The molecule has 0 radical (unpaired) electrons.